The molecule has 3 aromatic carbocycles. The van der Waals surface area contributed by atoms with E-state index in [1.807, 2.05) is 30.3 Å². The van der Waals surface area contributed by atoms with Crippen LogP contribution in [0.5, 0.6) is 23.0 Å². The van der Waals surface area contributed by atoms with Crippen LogP contribution in [0.15, 0.2) is 54.6 Å². The van der Waals surface area contributed by atoms with Crippen molar-refractivity contribution in [3.05, 3.63) is 77.1 Å². The molecule has 2 amide bonds. The summed E-state index contributed by atoms with van der Waals surface area (Å²) in [5, 5.41) is 2.73. The Kier molecular flexibility index (Phi) is 7.29. The lowest BCUT2D eigenvalue weighted by atomic mass is 9.88. The Morgan fingerprint density at radius 3 is 2.26 bits per heavy atom. The lowest BCUT2D eigenvalue weighted by Crippen LogP contribution is -2.43. The summed E-state index contributed by atoms with van der Waals surface area (Å²) >= 11 is 0. The summed E-state index contributed by atoms with van der Waals surface area (Å²) in [4.78, 5) is 15.1. The number of para-hydroxylation sites is 1. The van der Waals surface area contributed by atoms with Crippen molar-refractivity contribution in [3.63, 3.8) is 0 Å². The summed E-state index contributed by atoms with van der Waals surface area (Å²) in [6.45, 7) is 0.459. The van der Waals surface area contributed by atoms with Gasteiger partial charge in [0.15, 0.2) is 23.0 Å². The topological polar surface area (TPSA) is 69.3 Å². The number of hydrogen-bond donors (Lipinski definition) is 1. The molecule has 0 spiro atoms. The van der Waals surface area contributed by atoms with E-state index in [9.17, 15) is 9.18 Å². The minimum absolute atomic E-state index is 0.139. The molecule has 7 nitrogen and oxygen atoms in total. The molecular formula is C27H29FN2O5. The Labute approximate surface area is 204 Å². The highest BCUT2D eigenvalue weighted by atomic mass is 19.1. The van der Waals surface area contributed by atoms with Crippen LogP contribution in [-0.4, -0.2) is 45.9 Å². The summed E-state index contributed by atoms with van der Waals surface area (Å²) in [6.07, 6.45) is 1.14. The second-order valence-electron chi connectivity index (χ2n) is 8.17. The number of amides is 2. The zero-order valence-electron chi connectivity index (χ0n) is 20.3. The molecule has 0 bridgehead atoms. The van der Waals surface area contributed by atoms with Gasteiger partial charge in [0.05, 0.1) is 40.2 Å². The van der Waals surface area contributed by atoms with Gasteiger partial charge in [-0.25, -0.2) is 9.18 Å². The number of fused-ring (bicyclic) bond motifs is 1. The maximum Gasteiger partial charge on any atom is 0.322 e. The van der Waals surface area contributed by atoms with Crippen molar-refractivity contribution in [1.82, 2.24) is 4.90 Å². The summed E-state index contributed by atoms with van der Waals surface area (Å²) in [7, 11) is 6.35. The van der Waals surface area contributed by atoms with Gasteiger partial charge in [0.1, 0.15) is 5.82 Å². The monoisotopic (exact) mass is 480 g/mol. The predicted octanol–water partition coefficient (Wildman–Crippen LogP) is 5.23. The van der Waals surface area contributed by atoms with Crippen molar-refractivity contribution < 1.29 is 28.1 Å². The van der Waals surface area contributed by atoms with Crippen molar-refractivity contribution in [3.8, 4) is 23.0 Å². The number of urea groups is 1. The molecule has 1 atom stereocenters. The van der Waals surface area contributed by atoms with E-state index in [0.29, 0.717) is 42.4 Å². The van der Waals surface area contributed by atoms with E-state index in [0.717, 1.165) is 16.7 Å². The summed E-state index contributed by atoms with van der Waals surface area (Å²) < 4.78 is 36.1. The van der Waals surface area contributed by atoms with Gasteiger partial charge in [-0.05, 0) is 65.9 Å². The maximum absolute atomic E-state index is 14.2. The van der Waals surface area contributed by atoms with E-state index >= 15 is 0 Å². The molecule has 184 valence electrons. The lowest BCUT2D eigenvalue weighted by molar-refractivity contribution is 0.181. The molecule has 35 heavy (non-hydrogen) atoms. The first-order valence-corrected chi connectivity index (χ1v) is 11.3. The third-order valence-corrected chi connectivity index (χ3v) is 6.26. The molecule has 3 aromatic rings. The van der Waals surface area contributed by atoms with Crippen LogP contribution in [-0.2, 0) is 12.8 Å². The predicted molar refractivity (Wildman–Crippen MR) is 131 cm³/mol. The highest BCUT2D eigenvalue weighted by molar-refractivity contribution is 5.90. The van der Waals surface area contributed by atoms with Crippen LogP contribution >= 0.6 is 0 Å². The lowest BCUT2D eigenvalue weighted by Gasteiger charge is -2.38. The first-order valence-electron chi connectivity index (χ1n) is 11.3. The maximum atomic E-state index is 14.2. The fraction of sp³-hybridized carbons (Fsp3) is 0.296. The Balaban J connectivity index is 1.73. The first-order chi connectivity index (χ1) is 17.0. The van der Waals surface area contributed by atoms with E-state index in [2.05, 4.69) is 5.32 Å². The molecule has 0 radical (unpaired) electrons. The van der Waals surface area contributed by atoms with Gasteiger partial charge in [0.2, 0.25) is 0 Å². The standard InChI is InChI=1S/C27H29FN2O5/c1-32-23-10-9-17(14-24(23)33-2)13-22-19-16-26(35-4)25(34-3)15-18(19)11-12-30(22)27(31)29-21-8-6-5-7-20(21)28/h5-10,14-16,22H,11-13H2,1-4H3,(H,29,31). The van der Waals surface area contributed by atoms with Gasteiger partial charge in [-0.3, -0.25) is 0 Å². The molecule has 1 unspecified atom stereocenters. The van der Waals surface area contributed by atoms with Gasteiger partial charge in [-0.15, -0.1) is 0 Å². The summed E-state index contributed by atoms with van der Waals surface area (Å²) in [5.74, 6) is 1.97. The van der Waals surface area contributed by atoms with Crippen molar-refractivity contribution in [2.45, 2.75) is 18.9 Å². The fourth-order valence-corrected chi connectivity index (χ4v) is 4.47. The number of nitrogens with one attached hydrogen (secondary N) is 1. The normalized spacial score (nSPS) is 14.7. The average Bonchev–Trinajstić information content (AvgIpc) is 2.89. The Hall–Kier alpha value is -3.94. The van der Waals surface area contributed by atoms with Gasteiger partial charge in [-0.2, -0.15) is 0 Å². The zero-order valence-corrected chi connectivity index (χ0v) is 20.3. The van der Waals surface area contributed by atoms with Crippen LogP contribution in [0.2, 0.25) is 0 Å². The van der Waals surface area contributed by atoms with Crippen LogP contribution in [0.1, 0.15) is 22.7 Å². The number of halogens is 1. The highest BCUT2D eigenvalue weighted by Crippen LogP contribution is 2.40. The van der Waals surface area contributed by atoms with Crippen molar-refractivity contribution in [1.29, 1.82) is 0 Å². The second-order valence-corrected chi connectivity index (χ2v) is 8.17. The molecule has 1 N–H and O–H groups in total. The van der Waals surface area contributed by atoms with Gasteiger partial charge in [0, 0.05) is 6.54 Å². The van der Waals surface area contributed by atoms with Crippen molar-refractivity contribution >= 4 is 11.7 Å². The molecular weight excluding hydrogens is 451 g/mol. The number of carbonyl (C=O) groups is 1. The van der Waals surface area contributed by atoms with E-state index in [-0.39, 0.29) is 17.8 Å². The van der Waals surface area contributed by atoms with E-state index in [1.54, 1.807) is 51.5 Å². The zero-order chi connectivity index (χ0) is 24.9. The molecule has 0 aliphatic carbocycles. The highest BCUT2D eigenvalue weighted by Gasteiger charge is 2.33. The average molecular weight is 481 g/mol. The molecule has 0 saturated heterocycles. The molecule has 8 heteroatoms. The number of hydrogen-bond acceptors (Lipinski definition) is 5. The van der Waals surface area contributed by atoms with Crippen molar-refractivity contribution in [2.75, 3.05) is 40.3 Å². The van der Waals surface area contributed by atoms with Crippen LogP contribution in [0, 0.1) is 5.82 Å². The molecule has 0 fully saturated rings. The quantitative estimate of drug-likeness (QED) is 0.501. The van der Waals surface area contributed by atoms with E-state index in [1.165, 1.54) is 6.07 Å². The fourth-order valence-electron chi connectivity index (χ4n) is 4.47. The van der Waals surface area contributed by atoms with Gasteiger partial charge >= 0.3 is 6.03 Å². The molecule has 0 aromatic heterocycles. The van der Waals surface area contributed by atoms with E-state index in [4.69, 9.17) is 18.9 Å². The number of rotatable bonds is 7. The first kappa shape index (κ1) is 24.2. The Morgan fingerprint density at radius 2 is 1.57 bits per heavy atom. The minimum atomic E-state index is -0.485. The third-order valence-electron chi connectivity index (χ3n) is 6.26. The summed E-state index contributed by atoms with van der Waals surface area (Å²) in [5.41, 5.74) is 3.12. The Morgan fingerprint density at radius 1 is 0.914 bits per heavy atom. The van der Waals surface area contributed by atoms with Crippen LogP contribution in [0.25, 0.3) is 0 Å². The molecule has 1 aliphatic heterocycles. The smallest absolute Gasteiger partial charge is 0.322 e. The Bertz CT molecular complexity index is 1220. The molecule has 1 aliphatic rings. The largest absolute Gasteiger partial charge is 0.493 e. The number of ether oxygens (including phenoxy) is 4. The van der Waals surface area contributed by atoms with Crippen LogP contribution in [0.3, 0.4) is 0 Å². The van der Waals surface area contributed by atoms with Crippen molar-refractivity contribution in [2.24, 2.45) is 0 Å². The third kappa shape index (κ3) is 4.96. The minimum Gasteiger partial charge on any atom is -0.493 e. The van der Waals surface area contributed by atoms with E-state index < -0.39 is 5.82 Å². The number of nitrogens with zero attached hydrogens (tertiary/aromatic N) is 1. The SMILES string of the molecule is COc1ccc(CC2c3cc(OC)c(OC)cc3CCN2C(=O)Nc2ccccc2F)cc1OC. The van der Waals surface area contributed by atoms with Gasteiger partial charge in [-0.1, -0.05) is 18.2 Å². The molecule has 1 heterocycles. The summed E-state index contributed by atoms with van der Waals surface area (Å²) in [6, 6.07) is 15.0. The number of anilines is 1. The van der Waals surface area contributed by atoms with Gasteiger partial charge in [0.25, 0.3) is 0 Å². The second kappa shape index (κ2) is 10.5. The molecule has 4 rings (SSSR count). The molecule has 0 saturated carbocycles. The number of carbonyl (C=O) groups excluding carboxylic acids is 1. The van der Waals surface area contributed by atoms with Gasteiger partial charge < -0.3 is 29.2 Å². The van der Waals surface area contributed by atoms with Crippen LogP contribution in [0.4, 0.5) is 14.9 Å². The number of methoxy groups -OCH3 is 4. The van der Waals surface area contributed by atoms with Crippen LogP contribution < -0.4 is 24.3 Å². The number of benzene rings is 3.